The fourth-order valence-corrected chi connectivity index (χ4v) is 1.66. The number of carbonyl (C=O) groups is 5. The molecule has 11 nitrogen and oxygen atoms in total. The molecule has 0 aromatic carbocycles. The summed E-state index contributed by atoms with van der Waals surface area (Å²) < 4.78 is 0. The monoisotopic (exact) mass is 364 g/mol. The zero-order chi connectivity index (χ0) is 18.9. The molecule has 12 heteroatoms. The van der Waals surface area contributed by atoms with E-state index in [4.69, 9.17) is 15.9 Å². The van der Waals surface area contributed by atoms with Crippen molar-refractivity contribution in [2.24, 2.45) is 5.73 Å². The molecule has 3 unspecified atom stereocenters. The van der Waals surface area contributed by atoms with Crippen molar-refractivity contribution in [1.82, 2.24) is 16.0 Å². The van der Waals surface area contributed by atoms with Gasteiger partial charge < -0.3 is 31.9 Å². The molecule has 0 bridgehead atoms. The lowest BCUT2D eigenvalue weighted by Gasteiger charge is -2.18. The average molecular weight is 364 g/mol. The minimum absolute atomic E-state index is 0.121. The number of amides is 3. The van der Waals surface area contributed by atoms with Crippen LogP contribution in [-0.4, -0.2) is 70.3 Å². The predicted octanol–water partition coefficient (Wildman–Crippen LogP) is -3.09. The van der Waals surface area contributed by atoms with Gasteiger partial charge in [0.1, 0.15) is 12.1 Å². The van der Waals surface area contributed by atoms with Crippen molar-refractivity contribution in [2.45, 2.75) is 31.5 Å². The van der Waals surface area contributed by atoms with E-state index >= 15 is 0 Å². The van der Waals surface area contributed by atoms with Gasteiger partial charge in [-0.3, -0.25) is 24.0 Å². The van der Waals surface area contributed by atoms with Crippen molar-refractivity contribution < 1.29 is 34.2 Å². The zero-order valence-electron chi connectivity index (χ0n) is 12.8. The number of nitrogens with one attached hydrogen (secondary N) is 3. The second-order valence-corrected chi connectivity index (χ2v) is 5.16. The van der Waals surface area contributed by atoms with Crippen molar-refractivity contribution in [2.75, 3.05) is 12.3 Å². The van der Waals surface area contributed by atoms with Gasteiger partial charge in [0.05, 0.1) is 19.0 Å². The van der Waals surface area contributed by atoms with Crippen molar-refractivity contribution in [1.29, 1.82) is 0 Å². The summed E-state index contributed by atoms with van der Waals surface area (Å²) in [6.45, 7) is 0.750. The third-order valence-electron chi connectivity index (χ3n) is 2.72. The minimum atomic E-state index is -1.34. The molecule has 3 amide bonds. The van der Waals surface area contributed by atoms with E-state index in [2.05, 4.69) is 28.6 Å². The highest BCUT2D eigenvalue weighted by Crippen LogP contribution is 1.94. The van der Waals surface area contributed by atoms with Crippen LogP contribution in [0.4, 0.5) is 0 Å². The van der Waals surface area contributed by atoms with Crippen molar-refractivity contribution in [3.63, 3.8) is 0 Å². The van der Waals surface area contributed by atoms with Crippen LogP contribution in [0.1, 0.15) is 13.3 Å². The first kappa shape index (κ1) is 21.7. The number of rotatable bonds is 10. The molecule has 0 aromatic rings. The van der Waals surface area contributed by atoms with E-state index < -0.39 is 60.8 Å². The summed E-state index contributed by atoms with van der Waals surface area (Å²) in [6, 6.07) is -3.59. The average Bonchev–Trinajstić information content (AvgIpc) is 2.48. The number of hydrogen-bond donors (Lipinski definition) is 7. The molecular weight excluding hydrogens is 344 g/mol. The first-order valence-corrected chi connectivity index (χ1v) is 7.40. The number of hydrogen-bond acceptors (Lipinski definition) is 7. The Balaban J connectivity index is 4.44. The Kier molecular flexibility index (Phi) is 9.42. The third kappa shape index (κ3) is 8.33. The summed E-state index contributed by atoms with van der Waals surface area (Å²) in [4.78, 5) is 56.0. The summed E-state index contributed by atoms with van der Waals surface area (Å²) in [5.41, 5.74) is 5.36. The van der Waals surface area contributed by atoms with E-state index in [0.29, 0.717) is 0 Å². The first-order chi connectivity index (χ1) is 11.1. The summed E-state index contributed by atoms with van der Waals surface area (Å²) in [5, 5.41) is 23.7. The lowest BCUT2D eigenvalue weighted by atomic mass is 10.2. The molecule has 0 saturated heterocycles. The molecule has 136 valence electrons. The predicted molar refractivity (Wildman–Crippen MR) is 84.3 cm³/mol. The summed E-state index contributed by atoms with van der Waals surface area (Å²) in [5.74, 6) is -4.96. The topological polar surface area (TPSA) is 188 Å². The summed E-state index contributed by atoms with van der Waals surface area (Å²) in [7, 11) is 0. The molecule has 0 aliphatic rings. The number of carboxylic acid groups (broad SMARTS) is 2. The van der Waals surface area contributed by atoms with Crippen LogP contribution in [0.25, 0.3) is 0 Å². The van der Waals surface area contributed by atoms with Crippen LogP contribution in [0.15, 0.2) is 0 Å². The number of carbonyl (C=O) groups excluding carboxylic acids is 3. The van der Waals surface area contributed by atoms with Gasteiger partial charge in [0, 0.05) is 5.75 Å². The Hall–Kier alpha value is -2.34. The van der Waals surface area contributed by atoms with Crippen LogP contribution in [0.2, 0.25) is 0 Å². The highest BCUT2D eigenvalue weighted by Gasteiger charge is 2.24. The molecule has 0 radical (unpaired) electrons. The fraction of sp³-hybridized carbons (Fsp3) is 0.583. The van der Waals surface area contributed by atoms with E-state index in [-0.39, 0.29) is 5.75 Å². The molecule has 0 rings (SSSR count). The Morgan fingerprint density at radius 2 is 1.67 bits per heavy atom. The van der Waals surface area contributed by atoms with Crippen molar-refractivity contribution in [3.05, 3.63) is 0 Å². The van der Waals surface area contributed by atoms with Crippen LogP contribution in [-0.2, 0) is 24.0 Å². The van der Waals surface area contributed by atoms with Gasteiger partial charge in [-0.2, -0.15) is 12.6 Å². The van der Waals surface area contributed by atoms with Gasteiger partial charge >= 0.3 is 11.9 Å². The van der Waals surface area contributed by atoms with Crippen LogP contribution in [0, 0.1) is 0 Å². The van der Waals surface area contributed by atoms with E-state index in [0.717, 1.165) is 0 Å². The maximum atomic E-state index is 11.9. The second kappa shape index (κ2) is 10.4. The highest BCUT2D eigenvalue weighted by molar-refractivity contribution is 7.80. The standard InChI is InChI=1S/C12H20N4O7S/c1-5(12(22)23)15-8(17)3-14-11(21)7(4-24)16-10(20)6(13)2-9(18)19/h5-7,24H,2-4,13H2,1H3,(H,14,21)(H,15,17)(H,16,20)(H,18,19)(H,22,23). The second-order valence-electron chi connectivity index (χ2n) is 4.79. The largest absolute Gasteiger partial charge is 0.481 e. The number of nitrogens with two attached hydrogens (primary N) is 1. The number of carboxylic acids is 2. The lowest BCUT2D eigenvalue weighted by Crippen LogP contribution is -2.54. The molecule has 0 aliphatic carbocycles. The number of aliphatic carboxylic acids is 2. The van der Waals surface area contributed by atoms with Crippen molar-refractivity contribution >= 4 is 42.3 Å². The van der Waals surface area contributed by atoms with Gasteiger partial charge in [0.15, 0.2) is 0 Å². The van der Waals surface area contributed by atoms with Gasteiger partial charge in [0.25, 0.3) is 0 Å². The SMILES string of the molecule is CC(NC(=O)CNC(=O)C(CS)NC(=O)C(N)CC(=O)O)C(=O)O. The smallest absolute Gasteiger partial charge is 0.325 e. The van der Waals surface area contributed by atoms with Gasteiger partial charge in [-0.15, -0.1) is 0 Å². The maximum Gasteiger partial charge on any atom is 0.325 e. The molecule has 3 atom stereocenters. The highest BCUT2D eigenvalue weighted by atomic mass is 32.1. The van der Waals surface area contributed by atoms with E-state index in [1.54, 1.807) is 0 Å². The first-order valence-electron chi connectivity index (χ1n) is 6.77. The minimum Gasteiger partial charge on any atom is -0.481 e. The molecule has 0 fully saturated rings. The molecule has 24 heavy (non-hydrogen) atoms. The molecule has 0 heterocycles. The molecular formula is C12H20N4O7S. The lowest BCUT2D eigenvalue weighted by molar-refractivity contribution is -0.141. The normalized spacial score (nSPS) is 14.0. The molecule has 0 saturated carbocycles. The van der Waals surface area contributed by atoms with Gasteiger partial charge in [-0.25, -0.2) is 0 Å². The zero-order valence-corrected chi connectivity index (χ0v) is 13.7. The maximum absolute atomic E-state index is 11.9. The van der Waals surface area contributed by atoms with E-state index in [1.807, 2.05) is 0 Å². The van der Waals surface area contributed by atoms with Crippen LogP contribution < -0.4 is 21.7 Å². The molecule has 0 aliphatic heterocycles. The Labute approximate surface area is 142 Å². The molecule has 0 aromatic heterocycles. The van der Waals surface area contributed by atoms with Gasteiger partial charge in [-0.1, -0.05) is 0 Å². The third-order valence-corrected chi connectivity index (χ3v) is 3.08. The Morgan fingerprint density at radius 3 is 2.12 bits per heavy atom. The fourth-order valence-electron chi connectivity index (χ4n) is 1.40. The quantitative estimate of drug-likeness (QED) is 0.198. The van der Waals surface area contributed by atoms with Gasteiger partial charge in [0.2, 0.25) is 17.7 Å². The number of thiol groups is 1. The summed E-state index contributed by atoms with van der Waals surface area (Å²) >= 11 is 3.88. The van der Waals surface area contributed by atoms with Crippen LogP contribution in [0.3, 0.4) is 0 Å². The van der Waals surface area contributed by atoms with E-state index in [1.165, 1.54) is 6.92 Å². The van der Waals surface area contributed by atoms with Crippen LogP contribution in [0.5, 0.6) is 0 Å². The molecule has 7 N–H and O–H groups in total. The van der Waals surface area contributed by atoms with E-state index in [9.17, 15) is 24.0 Å². The van der Waals surface area contributed by atoms with Crippen LogP contribution >= 0.6 is 12.6 Å². The van der Waals surface area contributed by atoms with Crippen molar-refractivity contribution in [3.8, 4) is 0 Å². The molecule has 0 spiro atoms. The summed E-state index contributed by atoms with van der Waals surface area (Å²) in [6.07, 6.45) is -0.609. The van der Waals surface area contributed by atoms with Gasteiger partial charge in [-0.05, 0) is 6.92 Å². The Bertz CT molecular complexity index is 514. The Morgan fingerprint density at radius 1 is 1.08 bits per heavy atom.